The van der Waals surface area contributed by atoms with Crippen LogP contribution in [0.25, 0.3) is 0 Å². The molecule has 0 atom stereocenters. The van der Waals surface area contributed by atoms with E-state index in [1.165, 1.54) is 22.5 Å². The lowest BCUT2D eigenvalue weighted by molar-refractivity contribution is -0.113. The number of benzene rings is 1. The molecule has 1 amide bonds. The number of nitrogens with zero attached hydrogens (tertiary/aromatic N) is 4. The summed E-state index contributed by atoms with van der Waals surface area (Å²) in [7, 11) is 0.00236. The highest BCUT2D eigenvalue weighted by atomic mass is 32.2. The Hall–Kier alpha value is -1.91. The first kappa shape index (κ1) is 22.8. The minimum atomic E-state index is -3.54. The summed E-state index contributed by atoms with van der Waals surface area (Å²) in [6.07, 6.45) is 5.91. The average molecular weight is 452 g/mol. The molecule has 164 valence electrons. The maximum Gasteiger partial charge on any atom is 0.243 e. The molecule has 0 unspecified atom stereocenters. The number of carbonyl (C=O) groups is 1. The van der Waals surface area contributed by atoms with Gasteiger partial charge in [0.25, 0.3) is 0 Å². The van der Waals surface area contributed by atoms with Gasteiger partial charge in [0.1, 0.15) is 5.82 Å². The van der Waals surface area contributed by atoms with E-state index in [1.807, 2.05) is 18.5 Å². The van der Waals surface area contributed by atoms with Crippen molar-refractivity contribution in [1.82, 2.24) is 19.1 Å². The van der Waals surface area contributed by atoms with Gasteiger partial charge in [-0.2, -0.15) is 4.31 Å². The first-order chi connectivity index (χ1) is 14.3. The number of hydrogen-bond donors (Lipinski definition) is 1. The topological polar surface area (TPSA) is 97.2 Å². The fourth-order valence-electron chi connectivity index (χ4n) is 3.62. The molecule has 3 rings (SSSR count). The van der Waals surface area contributed by atoms with Gasteiger partial charge in [-0.05, 0) is 37.1 Å². The van der Waals surface area contributed by atoms with Gasteiger partial charge in [-0.3, -0.25) is 4.79 Å². The van der Waals surface area contributed by atoms with E-state index in [9.17, 15) is 13.2 Å². The van der Waals surface area contributed by atoms with Crippen LogP contribution in [0.4, 0.5) is 5.69 Å². The van der Waals surface area contributed by atoms with Crippen molar-refractivity contribution in [2.45, 2.75) is 61.5 Å². The quantitative estimate of drug-likeness (QED) is 0.620. The molecule has 1 fully saturated rings. The van der Waals surface area contributed by atoms with Crippen LogP contribution in [0.15, 0.2) is 34.3 Å². The van der Waals surface area contributed by atoms with Crippen LogP contribution < -0.4 is 5.32 Å². The highest BCUT2D eigenvalue weighted by molar-refractivity contribution is 7.99. The van der Waals surface area contributed by atoms with Gasteiger partial charge >= 0.3 is 0 Å². The van der Waals surface area contributed by atoms with E-state index in [0.717, 1.165) is 37.9 Å². The summed E-state index contributed by atoms with van der Waals surface area (Å²) in [6.45, 7) is 2.00. The fraction of sp³-hybridized carbons (Fsp3) is 0.550. The van der Waals surface area contributed by atoms with Crippen molar-refractivity contribution in [3.63, 3.8) is 0 Å². The Kier molecular flexibility index (Phi) is 7.54. The number of nitrogens with one attached hydrogen (secondary N) is 1. The van der Waals surface area contributed by atoms with E-state index in [2.05, 4.69) is 15.5 Å². The maximum absolute atomic E-state index is 12.9. The van der Waals surface area contributed by atoms with Crippen LogP contribution in [0.2, 0.25) is 0 Å². The van der Waals surface area contributed by atoms with E-state index in [4.69, 9.17) is 0 Å². The lowest BCUT2D eigenvalue weighted by Gasteiger charge is -2.30. The second kappa shape index (κ2) is 9.93. The number of sulfonamides is 1. The molecule has 8 nitrogen and oxygen atoms in total. The largest absolute Gasteiger partial charge is 0.325 e. The third-order valence-corrected chi connectivity index (χ3v) is 8.42. The zero-order valence-electron chi connectivity index (χ0n) is 17.7. The van der Waals surface area contributed by atoms with Gasteiger partial charge in [0.2, 0.25) is 15.9 Å². The van der Waals surface area contributed by atoms with Crippen LogP contribution in [0.1, 0.15) is 44.9 Å². The molecule has 1 saturated carbocycles. The van der Waals surface area contributed by atoms with Gasteiger partial charge in [0.05, 0.1) is 10.6 Å². The second-order valence-electron chi connectivity index (χ2n) is 7.49. The molecule has 10 heteroatoms. The molecular formula is C20H29N5O3S2. The third kappa shape index (κ3) is 5.22. The Balaban J connectivity index is 1.58. The van der Waals surface area contributed by atoms with E-state index >= 15 is 0 Å². The SMILES string of the molecule is CCc1nnc(SCC(=O)Nc2ccc(S(=O)(=O)N(C)C3CCCCC3)cc2)n1C. The molecule has 1 aliphatic rings. The number of carbonyl (C=O) groups excluding carboxylic acids is 1. The van der Waals surface area contributed by atoms with Crippen LogP contribution in [-0.2, 0) is 28.3 Å². The average Bonchev–Trinajstić information content (AvgIpc) is 3.12. The normalized spacial score (nSPS) is 15.5. The molecular weight excluding hydrogens is 422 g/mol. The van der Waals surface area contributed by atoms with Gasteiger partial charge in [0.15, 0.2) is 5.16 Å². The minimum absolute atomic E-state index is 0.0639. The summed E-state index contributed by atoms with van der Waals surface area (Å²) >= 11 is 1.31. The second-order valence-corrected chi connectivity index (χ2v) is 10.4. The third-order valence-electron chi connectivity index (χ3n) is 5.48. The van der Waals surface area contributed by atoms with Gasteiger partial charge < -0.3 is 9.88 Å². The van der Waals surface area contributed by atoms with Crippen molar-refractivity contribution in [3.05, 3.63) is 30.1 Å². The predicted octanol–water partition coefficient (Wildman–Crippen LogP) is 3.06. The van der Waals surface area contributed by atoms with E-state index < -0.39 is 10.0 Å². The number of anilines is 1. The number of thioether (sulfide) groups is 1. The predicted molar refractivity (Wildman–Crippen MR) is 118 cm³/mol. The zero-order valence-corrected chi connectivity index (χ0v) is 19.3. The Labute approximate surface area is 182 Å². The first-order valence-electron chi connectivity index (χ1n) is 10.2. The molecule has 0 saturated heterocycles. The van der Waals surface area contributed by atoms with Crippen molar-refractivity contribution in [1.29, 1.82) is 0 Å². The first-order valence-corrected chi connectivity index (χ1v) is 12.6. The minimum Gasteiger partial charge on any atom is -0.325 e. The summed E-state index contributed by atoms with van der Waals surface area (Å²) in [5.41, 5.74) is 0.562. The van der Waals surface area contributed by atoms with E-state index in [-0.39, 0.29) is 22.6 Å². The highest BCUT2D eigenvalue weighted by Gasteiger charge is 2.28. The number of hydrogen-bond acceptors (Lipinski definition) is 6. The maximum atomic E-state index is 12.9. The standard InChI is InChI=1S/C20H29N5O3S2/c1-4-18-22-23-20(24(18)2)29-14-19(26)21-15-10-12-17(13-11-15)30(27,28)25(3)16-8-6-5-7-9-16/h10-13,16H,4-9,14H2,1-3H3,(H,21,26). The van der Waals surface area contributed by atoms with Crippen LogP contribution >= 0.6 is 11.8 Å². The smallest absolute Gasteiger partial charge is 0.243 e. The molecule has 1 heterocycles. The summed E-state index contributed by atoms with van der Waals surface area (Å²) < 4.78 is 29.2. The molecule has 2 aromatic rings. The molecule has 1 aromatic carbocycles. The molecule has 1 aliphatic carbocycles. The fourth-order valence-corrected chi connectivity index (χ4v) is 5.77. The van der Waals surface area contributed by atoms with Crippen molar-refractivity contribution in [3.8, 4) is 0 Å². The molecule has 1 N–H and O–H groups in total. The van der Waals surface area contributed by atoms with E-state index in [0.29, 0.717) is 10.8 Å². The molecule has 1 aromatic heterocycles. The van der Waals surface area contributed by atoms with E-state index in [1.54, 1.807) is 31.3 Å². The zero-order chi connectivity index (χ0) is 21.7. The molecule has 0 spiro atoms. The van der Waals surface area contributed by atoms with Gasteiger partial charge in [0, 0.05) is 32.2 Å². The molecule has 0 aliphatic heterocycles. The Morgan fingerprint density at radius 1 is 1.20 bits per heavy atom. The molecule has 0 bridgehead atoms. The van der Waals surface area contributed by atoms with Crippen molar-refractivity contribution in [2.24, 2.45) is 7.05 Å². The number of amides is 1. The van der Waals surface area contributed by atoms with Crippen molar-refractivity contribution >= 4 is 33.4 Å². The molecule has 0 radical (unpaired) electrons. The van der Waals surface area contributed by atoms with Crippen molar-refractivity contribution < 1.29 is 13.2 Å². The van der Waals surface area contributed by atoms with Crippen LogP contribution in [0.3, 0.4) is 0 Å². The van der Waals surface area contributed by atoms with Crippen LogP contribution in [-0.4, -0.2) is 52.2 Å². The van der Waals surface area contributed by atoms with Crippen LogP contribution in [0.5, 0.6) is 0 Å². The van der Waals surface area contributed by atoms with Crippen LogP contribution in [0, 0.1) is 0 Å². The van der Waals surface area contributed by atoms with Gasteiger partial charge in [-0.1, -0.05) is 37.9 Å². The summed E-state index contributed by atoms with van der Waals surface area (Å²) in [6, 6.07) is 6.42. The Morgan fingerprint density at radius 3 is 2.47 bits per heavy atom. The number of aryl methyl sites for hydroxylation is 1. The monoisotopic (exact) mass is 451 g/mol. The Bertz CT molecular complexity index is 967. The summed E-state index contributed by atoms with van der Waals surface area (Å²) in [5.74, 6) is 0.879. The Morgan fingerprint density at radius 2 is 1.87 bits per heavy atom. The van der Waals surface area contributed by atoms with Gasteiger partial charge in [-0.15, -0.1) is 10.2 Å². The lowest BCUT2D eigenvalue weighted by atomic mass is 9.96. The summed E-state index contributed by atoms with van der Waals surface area (Å²) in [5, 5.41) is 11.6. The number of rotatable bonds is 8. The molecule has 30 heavy (non-hydrogen) atoms. The lowest BCUT2D eigenvalue weighted by Crippen LogP contribution is -2.38. The van der Waals surface area contributed by atoms with Crippen molar-refractivity contribution in [2.75, 3.05) is 18.1 Å². The number of aromatic nitrogens is 3. The highest BCUT2D eigenvalue weighted by Crippen LogP contribution is 2.27. The van der Waals surface area contributed by atoms with Gasteiger partial charge in [-0.25, -0.2) is 8.42 Å². The summed E-state index contributed by atoms with van der Waals surface area (Å²) in [4.78, 5) is 12.5.